The second-order valence-electron chi connectivity index (χ2n) is 8.15. The molecule has 6 heteroatoms. The van der Waals surface area contributed by atoms with Gasteiger partial charge in [0.15, 0.2) is 0 Å². The first kappa shape index (κ1) is 23.1. The summed E-state index contributed by atoms with van der Waals surface area (Å²) in [5.41, 5.74) is 1.21. The number of amides is 1. The highest BCUT2D eigenvalue weighted by atomic mass is 16.5. The van der Waals surface area contributed by atoms with Gasteiger partial charge in [0.2, 0.25) is 0 Å². The van der Waals surface area contributed by atoms with Gasteiger partial charge in [0, 0.05) is 5.56 Å². The van der Waals surface area contributed by atoms with E-state index in [4.69, 9.17) is 4.74 Å². The van der Waals surface area contributed by atoms with Gasteiger partial charge in [-0.1, -0.05) is 62.2 Å². The molecule has 34 heavy (non-hydrogen) atoms. The Balaban J connectivity index is 1.75. The van der Waals surface area contributed by atoms with Crippen molar-refractivity contribution in [3.8, 4) is 11.5 Å². The molecule has 0 aromatic heterocycles. The number of nitrogens with zero attached hydrogens (tertiary/aromatic N) is 1. The Labute approximate surface area is 198 Å². The summed E-state index contributed by atoms with van der Waals surface area (Å²) in [6, 6.07) is 21.2. The van der Waals surface area contributed by atoms with Crippen molar-refractivity contribution in [3.63, 3.8) is 0 Å². The SMILES string of the molecule is CCCCCOc1ccc(/C(O)=C2\C(=O)C(=O)N(c3ccccc3O)C2c2ccccc2)cc1. The molecule has 3 aromatic carbocycles. The van der Waals surface area contributed by atoms with Crippen LogP contribution in [0.25, 0.3) is 5.76 Å². The number of hydrogen-bond donors (Lipinski definition) is 2. The zero-order valence-electron chi connectivity index (χ0n) is 19.0. The molecule has 0 saturated carbocycles. The zero-order valence-corrected chi connectivity index (χ0v) is 19.0. The largest absolute Gasteiger partial charge is 0.507 e. The molecule has 1 saturated heterocycles. The Morgan fingerprint density at radius 1 is 0.912 bits per heavy atom. The molecule has 4 rings (SSSR count). The van der Waals surface area contributed by atoms with Crippen LogP contribution in [0.3, 0.4) is 0 Å². The maximum absolute atomic E-state index is 13.2. The number of ether oxygens (including phenoxy) is 1. The molecule has 1 fully saturated rings. The third kappa shape index (κ3) is 4.53. The quantitative estimate of drug-likeness (QED) is 0.199. The Kier molecular flexibility index (Phi) is 6.97. The highest BCUT2D eigenvalue weighted by molar-refractivity contribution is 6.51. The fourth-order valence-corrected chi connectivity index (χ4v) is 4.11. The van der Waals surface area contributed by atoms with Crippen LogP contribution < -0.4 is 9.64 Å². The molecule has 0 spiro atoms. The summed E-state index contributed by atoms with van der Waals surface area (Å²) in [7, 11) is 0. The number of aromatic hydroxyl groups is 1. The van der Waals surface area contributed by atoms with Gasteiger partial charge in [-0.25, -0.2) is 0 Å². The van der Waals surface area contributed by atoms with Crippen molar-refractivity contribution in [1.29, 1.82) is 0 Å². The lowest BCUT2D eigenvalue weighted by Crippen LogP contribution is -2.29. The lowest BCUT2D eigenvalue weighted by Gasteiger charge is -2.26. The molecule has 2 N–H and O–H groups in total. The molecule has 1 aliphatic heterocycles. The Morgan fingerprint density at radius 3 is 2.26 bits per heavy atom. The number of benzene rings is 3. The van der Waals surface area contributed by atoms with E-state index in [1.165, 1.54) is 11.0 Å². The van der Waals surface area contributed by atoms with E-state index in [2.05, 4.69) is 6.92 Å². The molecule has 1 unspecified atom stereocenters. The molecule has 1 heterocycles. The number of anilines is 1. The molecule has 0 bridgehead atoms. The lowest BCUT2D eigenvalue weighted by atomic mass is 9.95. The smallest absolute Gasteiger partial charge is 0.300 e. The van der Waals surface area contributed by atoms with Crippen LogP contribution in [0.15, 0.2) is 84.4 Å². The highest BCUT2D eigenvalue weighted by Crippen LogP contribution is 2.44. The normalized spacial score (nSPS) is 17.2. The van der Waals surface area contributed by atoms with Crippen LogP contribution >= 0.6 is 0 Å². The molecule has 6 nitrogen and oxygen atoms in total. The Bertz CT molecular complexity index is 1200. The van der Waals surface area contributed by atoms with Crippen LogP contribution in [0.2, 0.25) is 0 Å². The molecule has 1 aliphatic rings. The summed E-state index contributed by atoms with van der Waals surface area (Å²) in [4.78, 5) is 27.5. The minimum atomic E-state index is -0.889. The summed E-state index contributed by atoms with van der Waals surface area (Å²) in [6.45, 7) is 2.74. The third-order valence-corrected chi connectivity index (χ3v) is 5.85. The molecule has 0 aliphatic carbocycles. The molecule has 1 amide bonds. The van der Waals surface area contributed by atoms with E-state index in [0.29, 0.717) is 23.5 Å². The van der Waals surface area contributed by atoms with Crippen molar-refractivity contribution < 1.29 is 24.5 Å². The first-order chi connectivity index (χ1) is 16.5. The van der Waals surface area contributed by atoms with Gasteiger partial charge in [0.05, 0.1) is 23.9 Å². The predicted molar refractivity (Wildman–Crippen MR) is 131 cm³/mol. The first-order valence-corrected chi connectivity index (χ1v) is 11.4. The van der Waals surface area contributed by atoms with Gasteiger partial charge in [-0.2, -0.15) is 0 Å². The van der Waals surface area contributed by atoms with Gasteiger partial charge < -0.3 is 14.9 Å². The van der Waals surface area contributed by atoms with Crippen LogP contribution in [0, 0.1) is 0 Å². The van der Waals surface area contributed by atoms with Gasteiger partial charge in [0.25, 0.3) is 11.7 Å². The Hall–Kier alpha value is -4.06. The van der Waals surface area contributed by atoms with Gasteiger partial charge in [-0.3, -0.25) is 14.5 Å². The second kappa shape index (κ2) is 10.3. The van der Waals surface area contributed by atoms with Gasteiger partial charge in [-0.05, 0) is 48.4 Å². The van der Waals surface area contributed by atoms with Crippen LogP contribution in [-0.2, 0) is 9.59 Å². The standard InChI is InChI=1S/C28H27NO5/c1-2-3-9-18-34-21-16-14-20(15-17-21)26(31)24-25(19-10-5-4-6-11-19)29(28(33)27(24)32)22-12-7-8-13-23(22)30/h4-8,10-17,25,30-31H,2-3,9,18H2,1H3/b26-24+. The van der Waals surface area contributed by atoms with Crippen molar-refractivity contribution in [1.82, 2.24) is 0 Å². The van der Waals surface area contributed by atoms with Gasteiger partial charge in [-0.15, -0.1) is 0 Å². The average Bonchev–Trinajstić information content (AvgIpc) is 3.13. The zero-order chi connectivity index (χ0) is 24.1. The van der Waals surface area contributed by atoms with Crippen molar-refractivity contribution in [2.75, 3.05) is 11.5 Å². The van der Waals surface area contributed by atoms with Crippen LogP contribution in [0.5, 0.6) is 11.5 Å². The van der Waals surface area contributed by atoms with Crippen molar-refractivity contribution in [2.24, 2.45) is 0 Å². The maximum Gasteiger partial charge on any atom is 0.300 e. The van der Waals surface area contributed by atoms with Crippen LogP contribution in [-0.4, -0.2) is 28.5 Å². The number of hydrogen-bond acceptors (Lipinski definition) is 5. The average molecular weight is 458 g/mol. The number of unbranched alkanes of at least 4 members (excludes halogenated alkanes) is 2. The van der Waals surface area contributed by atoms with Crippen LogP contribution in [0.1, 0.15) is 43.4 Å². The van der Waals surface area contributed by atoms with E-state index in [1.54, 1.807) is 66.7 Å². The van der Waals surface area contributed by atoms with Crippen molar-refractivity contribution >= 4 is 23.1 Å². The predicted octanol–water partition coefficient (Wildman–Crippen LogP) is 5.59. The number of rotatable bonds is 8. The van der Waals surface area contributed by atoms with Gasteiger partial charge >= 0.3 is 0 Å². The van der Waals surface area contributed by atoms with Crippen LogP contribution in [0.4, 0.5) is 5.69 Å². The minimum Gasteiger partial charge on any atom is -0.507 e. The fraction of sp³-hybridized carbons (Fsp3) is 0.214. The first-order valence-electron chi connectivity index (χ1n) is 11.4. The number of ketones is 1. The van der Waals surface area contributed by atoms with E-state index in [-0.39, 0.29) is 22.8 Å². The summed E-state index contributed by atoms with van der Waals surface area (Å²) in [5, 5.41) is 21.6. The number of aliphatic hydroxyl groups excluding tert-OH is 1. The molecular formula is C28H27NO5. The fourth-order valence-electron chi connectivity index (χ4n) is 4.11. The molecule has 3 aromatic rings. The molecule has 0 radical (unpaired) electrons. The minimum absolute atomic E-state index is 0.0314. The monoisotopic (exact) mass is 457 g/mol. The van der Waals surface area contributed by atoms with E-state index >= 15 is 0 Å². The molecule has 1 atom stereocenters. The number of para-hydroxylation sites is 2. The van der Waals surface area contributed by atoms with E-state index < -0.39 is 17.7 Å². The third-order valence-electron chi connectivity index (χ3n) is 5.85. The molecular weight excluding hydrogens is 430 g/mol. The summed E-state index contributed by atoms with van der Waals surface area (Å²) in [6.07, 6.45) is 3.16. The number of Topliss-reactive ketones (excluding diaryl/α,β-unsaturated/α-hetero) is 1. The number of aliphatic hydroxyl groups is 1. The summed E-state index contributed by atoms with van der Waals surface area (Å²) >= 11 is 0. The van der Waals surface area contributed by atoms with E-state index in [9.17, 15) is 19.8 Å². The van der Waals surface area contributed by atoms with Crippen molar-refractivity contribution in [3.05, 3.63) is 95.6 Å². The maximum atomic E-state index is 13.2. The highest BCUT2D eigenvalue weighted by Gasteiger charge is 2.47. The van der Waals surface area contributed by atoms with Gasteiger partial charge in [0.1, 0.15) is 17.3 Å². The number of phenols is 1. The molecule has 174 valence electrons. The topological polar surface area (TPSA) is 87.1 Å². The van der Waals surface area contributed by atoms with E-state index in [1.807, 2.05) is 6.07 Å². The summed E-state index contributed by atoms with van der Waals surface area (Å²) < 4.78 is 5.73. The number of carbonyl (C=O) groups excluding carboxylic acids is 2. The number of carbonyl (C=O) groups is 2. The summed E-state index contributed by atoms with van der Waals surface area (Å²) in [5.74, 6) is -1.36. The Morgan fingerprint density at radius 2 is 1.59 bits per heavy atom. The number of phenolic OH excluding ortho intramolecular Hbond substituents is 1. The van der Waals surface area contributed by atoms with E-state index in [0.717, 1.165) is 19.3 Å². The lowest BCUT2D eigenvalue weighted by molar-refractivity contribution is -0.132. The van der Waals surface area contributed by atoms with Crippen molar-refractivity contribution in [2.45, 2.75) is 32.2 Å². The second-order valence-corrected chi connectivity index (χ2v) is 8.15.